The molecule has 7 nitrogen and oxygen atoms in total. The summed E-state index contributed by atoms with van der Waals surface area (Å²) in [5, 5.41) is 3.26. The minimum absolute atomic E-state index is 0.188. The normalized spacial score (nSPS) is 10.8. The fourth-order valence-electron chi connectivity index (χ4n) is 2.36. The maximum absolute atomic E-state index is 11.0. The van der Waals surface area contributed by atoms with E-state index in [0.717, 1.165) is 37.6 Å². The van der Waals surface area contributed by atoms with Crippen LogP contribution in [-0.2, 0) is 11.2 Å². The number of rotatable bonds is 9. The third kappa shape index (κ3) is 5.27. The summed E-state index contributed by atoms with van der Waals surface area (Å²) in [6.45, 7) is 8.16. The van der Waals surface area contributed by atoms with Crippen molar-refractivity contribution in [3.63, 3.8) is 0 Å². The van der Waals surface area contributed by atoms with E-state index in [4.69, 9.17) is 5.73 Å². The van der Waals surface area contributed by atoms with Crippen LogP contribution in [0.15, 0.2) is 30.7 Å². The molecule has 7 heteroatoms. The quantitative estimate of drug-likeness (QED) is 0.720. The number of primary amides is 1. The number of carbonyl (C=O) groups is 1. The Morgan fingerprint density at radius 2 is 1.96 bits per heavy atom. The van der Waals surface area contributed by atoms with E-state index in [0.29, 0.717) is 11.4 Å². The number of hydrogen-bond acceptors (Lipinski definition) is 6. The molecule has 2 heterocycles. The van der Waals surface area contributed by atoms with Gasteiger partial charge >= 0.3 is 0 Å². The van der Waals surface area contributed by atoms with E-state index >= 15 is 0 Å². The van der Waals surface area contributed by atoms with Gasteiger partial charge in [-0.05, 0) is 30.8 Å². The van der Waals surface area contributed by atoms with Crippen LogP contribution in [0.3, 0.4) is 0 Å². The van der Waals surface area contributed by atoms with Gasteiger partial charge in [0.05, 0.1) is 24.5 Å². The van der Waals surface area contributed by atoms with E-state index in [2.05, 4.69) is 39.0 Å². The average Bonchev–Trinajstić information content (AvgIpc) is 2.59. The van der Waals surface area contributed by atoms with Gasteiger partial charge in [0.2, 0.25) is 5.91 Å². The molecule has 0 radical (unpaired) electrons. The van der Waals surface area contributed by atoms with Crippen molar-refractivity contribution in [2.75, 3.05) is 31.5 Å². The standard InChI is InChI=1S/C17H24N6O/c1-3-23(4-2)8-7-20-17-12-21-15(11-22-17)14-9-13(5-6-19-14)10-16(18)24/h5-6,9,11-12H,3-4,7-8,10H2,1-2H3,(H2,18,24)(H,20,22). The highest BCUT2D eigenvalue weighted by Gasteiger charge is 2.06. The predicted octanol–water partition coefficient (Wildman–Crippen LogP) is 1.32. The Hall–Kier alpha value is -2.54. The van der Waals surface area contributed by atoms with Crippen molar-refractivity contribution in [1.29, 1.82) is 0 Å². The summed E-state index contributed by atoms with van der Waals surface area (Å²) in [7, 11) is 0. The summed E-state index contributed by atoms with van der Waals surface area (Å²) in [5.74, 6) is 0.366. The van der Waals surface area contributed by atoms with Gasteiger partial charge in [-0.2, -0.15) is 0 Å². The monoisotopic (exact) mass is 328 g/mol. The molecule has 0 saturated heterocycles. The van der Waals surface area contributed by atoms with Gasteiger partial charge in [0.15, 0.2) is 0 Å². The van der Waals surface area contributed by atoms with Crippen LogP contribution in [0.1, 0.15) is 19.4 Å². The van der Waals surface area contributed by atoms with Crippen molar-refractivity contribution in [2.24, 2.45) is 5.73 Å². The number of aromatic nitrogens is 3. The van der Waals surface area contributed by atoms with E-state index in [-0.39, 0.29) is 12.3 Å². The first-order valence-electron chi connectivity index (χ1n) is 8.14. The van der Waals surface area contributed by atoms with Crippen LogP contribution < -0.4 is 11.1 Å². The van der Waals surface area contributed by atoms with Crippen LogP contribution in [0.4, 0.5) is 5.82 Å². The predicted molar refractivity (Wildman–Crippen MR) is 94.4 cm³/mol. The summed E-state index contributed by atoms with van der Waals surface area (Å²) in [6.07, 6.45) is 5.20. The summed E-state index contributed by atoms with van der Waals surface area (Å²) >= 11 is 0. The lowest BCUT2D eigenvalue weighted by Gasteiger charge is -2.18. The summed E-state index contributed by atoms with van der Waals surface area (Å²) in [5.41, 5.74) is 7.38. The molecule has 1 amide bonds. The number of anilines is 1. The second-order valence-corrected chi connectivity index (χ2v) is 5.43. The van der Waals surface area contributed by atoms with E-state index in [1.807, 2.05) is 6.07 Å². The number of nitrogens with zero attached hydrogens (tertiary/aromatic N) is 4. The molecule has 0 aliphatic heterocycles. The lowest BCUT2D eigenvalue weighted by atomic mass is 10.1. The molecule has 0 unspecified atom stereocenters. The number of amides is 1. The van der Waals surface area contributed by atoms with Crippen LogP contribution in [-0.4, -0.2) is 51.9 Å². The lowest BCUT2D eigenvalue weighted by molar-refractivity contribution is -0.117. The Morgan fingerprint density at radius 1 is 1.17 bits per heavy atom. The van der Waals surface area contributed by atoms with Gasteiger partial charge in [-0.15, -0.1) is 0 Å². The first-order chi connectivity index (χ1) is 11.6. The SMILES string of the molecule is CCN(CC)CCNc1cnc(-c2cc(CC(N)=O)ccn2)cn1. The number of likely N-dealkylation sites (N-methyl/N-ethyl adjacent to an activating group) is 1. The molecule has 0 saturated carbocycles. The van der Waals surface area contributed by atoms with E-state index in [1.165, 1.54) is 0 Å². The molecule has 0 aromatic carbocycles. The second-order valence-electron chi connectivity index (χ2n) is 5.43. The molecule has 2 rings (SSSR count). The molecular weight excluding hydrogens is 304 g/mol. The minimum Gasteiger partial charge on any atom is -0.369 e. The molecule has 0 fully saturated rings. The highest BCUT2D eigenvalue weighted by Crippen LogP contribution is 2.15. The number of hydrogen-bond donors (Lipinski definition) is 2. The Bertz CT molecular complexity index is 654. The van der Waals surface area contributed by atoms with Gasteiger partial charge in [-0.25, -0.2) is 9.97 Å². The number of nitrogens with two attached hydrogens (primary N) is 1. The molecule has 2 aromatic rings. The van der Waals surface area contributed by atoms with E-state index in [1.54, 1.807) is 24.7 Å². The Balaban J connectivity index is 1.97. The smallest absolute Gasteiger partial charge is 0.221 e. The van der Waals surface area contributed by atoms with Crippen molar-refractivity contribution in [3.05, 3.63) is 36.3 Å². The van der Waals surface area contributed by atoms with Crippen LogP contribution in [0.25, 0.3) is 11.4 Å². The van der Waals surface area contributed by atoms with Crippen LogP contribution >= 0.6 is 0 Å². The van der Waals surface area contributed by atoms with Crippen molar-refractivity contribution in [3.8, 4) is 11.4 Å². The number of nitrogens with one attached hydrogen (secondary N) is 1. The van der Waals surface area contributed by atoms with Crippen LogP contribution in [0.5, 0.6) is 0 Å². The van der Waals surface area contributed by atoms with Crippen molar-refractivity contribution in [1.82, 2.24) is 19.9 Å². The van der Waals surface area contributed by atoms with E-state index in [9.17, 15) is 4.79 Å². The molecule has 24 heavy (non-hydrogen) atoms. The van der Waals surface area contributed by atoms with Crippen molar-refractivity contribution in [2.45, 2.75) is 20.3 Å². The summed E-state index contributed by atoms with van der Waals surface area (Å²) in [6, 6.07) is 3.58. The lowest BCUT2D eigenvalue weighted by Crippen LogP contribution is -2.28. The zero-order valence-electron chi connectivity index (χ0n) is 14.2. The first kappa shape index (κ1) is 17.8. The first-order valence-corrected chi connectivity index (χ1v) is 8.14. The second kappa shape index (κ2) is 8.93. The molecule has 0 bridgehead atoms. The third-order valence-corrected chi connectivity index (χ3v) is 3.75. The fraction of sp³-hybridized carbons (Fsp3) is 0.412. The fourth-order valence-corrected chi connectivity index (χ4v) is 2.36. The largest absolute Gasteiger partial charge is 0.369 e. The maximum Gasteiger partial charge on any atom is 0.221 e. The zero-order valence-corrected chi connectivity index (χ0v) is 14.2. The van der Waals surface area contributed by atoms with Crippen molar-refractivity contribution >= 4 is 11.7 Å². The van der Waals surface area contributed by atoms with Gasteiger partial charge in [0.1, 0.15) is 11.5 Å². The van der Waals surface area contributed by atoms with Crippen LogP contribution in [0, 0.1) is 0 Å². The van der Waals surface area contributed by atoms with Gasteiger partial charge in [-0.1, -0.05) is 13.8 Å². The zero-order chi connectivity index (χ0) is 17.4. The Kier molecular flexibility index (Phi) is 6.62. The van der Waals surface area contributed by atoms with E-state index < -0.39 is 0 Å². The maximum atomic E-state index is 11.0. The average molecular weight is 328 g/mol. The number of pyridine rings is 1. The van der Waals surface area contributed by atoms with Crippen molar-refractivity contribution < 1.29 is 4.79 Å². The highest BCUT2D eigenvalue weighted by molar-refractivity contribution is 5.77. The van der Waals surface area contributed by atoms with Crippen LogP contribution in [0.2, 0.25) is 0 Å². The molecule has 0 aliphatic carbocycles. The Labute approximate surface area is 142 Å². The van der Waals surface area contributed by atoms with Gasteiger partial charge in [0, 0.05) is 19.3 Å². The minimum atomic E-state index is -0.369. The molecule has 2 aromatic heterocycles. The highest BCUT2D eigenvalue weighted by atomic mass is 16.1. The van der Waals surface area contributed by atoms with Gasteiger partial charge < -0.3 is 16.0 Å². The molecule has 3 N–H and O–H groups in total. The topological polar surface area (TPSA) is 97.0 Å². The third-order valence-electron chi connectivity index (χ3n) is 3.75. The number of carbonyl (C=O) groups excluding carboxylic acids is 1. The Morgan fingerprint density at radius 3 is 2.58 bits per heavy atom. The summed E-state index contributed by atoms with van der Waals surface area (Å²) < 4.78 is 0. The van der Waals surface area contributed by atoms with Gasteiger partial charge in [0.25, 0.3) is 0 Å². The molecule has 0 atom stereocenters. The molecular formula is C17H24N6O. The molecule has 0 aliphatic rings. The molecule has 0 spiro atoms. The van der Waals surface area contributed by atoms with Gasteiger partial charge in [-0.3, -0.25) is 9.78 Å². The summed E-state index contributed by atoms with van der Waals surface area (Å²) in [4.78, 5) is 26.4. The molecule has 128 valence electrons.